The van der Waals surface area contributed by atoms with Gasteiger partial charge in [-0.2, -0.15) is 0 Å². The number of carbonyl (C=O) groups is 2. The van der Waals surface area contributed by atoms with E-state index in [1.807, 2.05) is 12.1 Å². The van der Waals surface area contributed by atoms with Gasteiger partial charge in [-0.05, 0) is 36.4 Å². The summed E-state index contributed by atoms with van der Waals surface area (Å²) < 4.78 is 5.71. The predicted octanol–water partition coefficient (Wildman–Crippen LogP) is 4.34. The number of amides is 2. The molecule has 0 bridgehead atoms. The summed E-state index contributed by atoms with van der Waals surface area (Å²) in [6, 6.07) is 15.3. The third-order valence-corrected chi connectivity index (χ3v) is 4.38. The number of pyridine rings is 1. The SMILES string of the molecule is O=C(CNC(=O)c1ccc(Cl)cc1Cl)Nc1cccc(OCc2cccnc2)c1. The van der Waals surface area contributed by atoms with E-state index in [4.69, 9.17) is 27.9 Å². The molecule has 3 rings (SSSR count). The maximum Gasteiger partial charge on any atom is 0.253 e. The lowest BCUT2D eigenvalue weighted by Crippen LogP contribution is -2.33. The first-order valence-corrected chi connectivity index (χ1v) is 9.42. The van der Waals surface area contributed by atoms with Crippen molar-refractivity contribution in [2.45, 2.75) is 6.61 Å². The number of anilines is 1. The Morgan fingerprint density at radius 3 is 2.66 bits per heavy atom. The molecular weight excluding hydrogens is 413 g/mol. The molecule has 0 atom stereocenters. The molecule has 0 radical (unpaired) electrons. The maximum absolute atomic E-state index is 12.2. The number of aromatic nitrogens is 1. The first-order valence-electron chi connectivity index (χ1n) is 8.66. The molecule has 3 aromatic rings. The molecule has 0 aliphatic heterocycles. The summed E-state index contributed by atoms with van der Waals surface area (Å²) in [6.07, 6.45) is 3.42. The fourth-order valence-electron chi connectivity index (χ4n) is 2.45. The van der Waals surface area contributed by atoms with Crippen LogP contribution in [-0.4, -0.2) is 23.3 Å². The van der Waals surface area contributed by atoms with Crippen molar-refractivity contribution in [3.05, 3.63) is 88.2 Å². The highest BCUT2D eigenvalue weighted by atomic mass is 35.5. The molecule has 2 N–H and O–H groups in total. The molecule has 0 aliphatic rings. The van der Waals surface area contributed by atoms with Crippen LogP contribution in [0.25, 0.3) is 0 Å². The summed E-state index contributed by atoms with van der Waals surface area (Å²) in [5.74, 6) is -0.244. The molecule has 0 spiro atoms. The van der Waals surface area contributed by atoms with Crippen molar-refractivity contribution in [2.75, 3.05) is 11.9 Å². The molecule has 29 heavy (non-hydrogen) atoms. The first-order chi connectivity index (χ1) is 14.0. The third-order valence-electron chi connectivity index (χ3n) is 3.83. The number of nitrogens with zero attached hydrogens (tertiary/aromatic N) is 1. The zero-order valence-electron chi connectivity index (χ0n) is 15.2. The minimum Gasteiger partial charge on any atom is -0.489 e. The first kappa shape index (κ1) is 20.6. The van der Waals surface area contributed by atoms with Gasteiger partial charge >= 0.3 is 0 Å². The Hall–Kier alpha value is -3.09. The molecule has 8 heteroatoms. The summed E-state index contributed by atoms with van der Waals surface area (Å²) in [4.78, 5) is 28.3. The summed E-state index contributed by atoms with van der Waals surface area (Å²) >= 11 is 11.8. The van der Waals surface area contributed by atoms with Gasteiger partial charge in [-0.1, -0.05) is 35.3 Å². The molecule has 0 fully saturated rings. The number of ether oxygens (including phenoxy) is 1. The fraction of sp³-hybridized carbons (Fsp3) is 0.0952. The molecule has 0 saturated heterocycles. The van der Waals surface area contributed by atoms with Crippen LogP contribution in [-0.2, 0) is 11.4 Å². The molecule has 148 valence electrons. The molecule has 1 heterocycles. The van der Waals surface area contributed by atoms with E-state index in [1.165, 1.54) is 12.1 Å². The maximum atomic E-state index is 12.2. The standard InChI is InChI=1S/C21H17Cl2N3O3/c22-15-6-7-18(19(23)9-15)21(28)25-12-20(27)26-16-4-1-5-17(10-16)29-13-14-3-2-8-24-11-14/h1-11H,12-13H2,(H,25,28)(H,26,27). The van der Waals surface area contributed by atoms with Gasteiger partial charge in [0, 0.05) is 34.7 Å². The van der Waals surface area contributed by atoms with Gasteiger partial charge in [-0.25, -0.2) is 0 Å². The average molecular weight is 430 g/mol. The van der Waals surface area contributed by atoms with Crippen LogP contribution in [0.2, 0.25) is 10.0 Å². The highest BCUT2D eigenvalue weighted by Gasteiger charge is 2.12. The van der Waals surface area contributed by atoms with Gasteiger partial charge in [0.05, 0.1) is 17.1 Å². The zero-order chi connectivity index (χ0) is 20.6. The van der Waals surface area contributed by atoms with E-state index in [9.17, 15) is 9.59 Å². The Kier molecular flexibility index (Phi) is 7.05. The van der Waals surface area contributed by atoms with Gasteiger partial charge in [0.1, 0.15) is 12.4 Å². The summed E-state index contributed by atoms with van der Waals surface area (Å²) in [5.41, 5.74) is 1.73. The van der Waals surface area contributed by atoms with Crippen molar-refractivity contribution in [1.82, 2.24) is 10.3 Å². The van der Waals surface area contributed by atoms with Crippen molar-refractivity contribution in [3.8, 4) is 5.75 Å². The fourth-order valence-corrected chi connectivity index (χ4v) is 2.94. The van der Waals surface area contributed by atoms with E-state index in [1.54, 1.807) is 42.7 Å². The molecule has 2 aromatic carbocycles. The van der Waals surface area contributed by atoms with Gasteiger partial charge < -0.3 is 15.4 Å². The lowest BCUT2D eigenvalue weighted by atomic mass is 10.2. The van der Waals surface area contributed by atoms with Gasteiger partial charge in [-0.15, -0.1) is 0 Å². The van der Waals surface area contributed by atoms with Crippen LogP contribution in [0.4, 0.5) is 5.69 Å². The smallest absolute Gasteiger partial charge is 0.253 e. The van der Waals surface area contributed by atoms with Crippen molar-refractivity contribution in [1.29, 1.82) is 0 Å². The molecule has 6 nitrogen and oxygen atoms in total. The van der Waals surface area contributed by atoms with E-state index in [2.05, 4.69) is 15.6 Å². The van der Waals surface area contributed by atoms with Gasteiger partial charge in [0.25, 0.3) is 5.91 Å². The molecule has 1 aromatic heterocycles. The van der Waals surface area contributed by atoms with E-state index in [0.717, 1.165) is 5.56 Å². The second-order valence-corrected chi connectivity index (χ2v) is 6.88. The average Bonchev–Trinajstić information content (AvgIpc) is 2.71. The van der Waals surface area contributed by atoms with Gasteiger partial charge in [0.15, 0.2) is 0 Å². The monoisotopic (exact) mass is 429 g/mol. The second kappa shape index (κ2) is 9.91. The molecular formula is C21H17Cl2N3O3. The number of hydrogen-bond donors (Lipinski definition) is 2. The van der Waals surface area contributed by atoms with Crippen molar-refractivity contribution in [2.24, 2.45) is 0 Å². The topological polar surface area (TPSA) is 80.3 Å². The quantitative estimate of drug-likeness (QED) is 0.585. The van der Waals surface area contributed by atoms with E-state index in [0.29, 0.717) is 23.1 Å². The summed E-state index contributed by atoms with van der Waals surface area (Å²) in [6.45, 7) is 0.154. The largest absolute Gasteiger partial charge is 0.489 e. The summed E-state index contributed by atoms with van der Waals surface area (Å²) in [7, 11) is 0. The van der Waals surface area contributed by atoms with E-state index < -0.39 is 5.91 Å². The Balaban J connectivity index is 1.52. The minimum absolute atomic E-state index is 0.210. The molecule has 0 saturated carbocycles. The van der Waals surface area contributed by atoms with E-state index >= 15 is 0 Å². The number of halogens is 2. The number of hydrogen-bond acceptors (Lipinski definition) is 4. The highest BCUT2D eigenvalue weighted by molar-refractivity contribution is 6.36. The second-order valence-electron chi connectivity index (χ2n) is 6.03. The molecule has 2 amide bonds. The van der Waals surface area contributed by atoms with Crippen LogP contribution < -0.4 is 15.4 Å². The van der Waals surface area contributed by atoms with E-state index in [-0.39, 0.29) is 23.0 Å². The molecule has 0 aliphatic carbocycles. The third kappa shape index (κ3) is 6.20. The zero-order valence-corrected chi connectivity index (χ0v) is 16.7. The van der Waals surface area contributed by atoms with Crippen LogP contribution in [0.3, 0.4) is 0 Å². The highest BCUT2D eigenvalue weighted by Crippen LogP contribution is 2.21. The number of carbonyl (C=O) groups excluding carboxylic acids is 2. The van der Waals surface area contributed by atoms with Crippen LogP contribution in [0, 0.1) is 0 Å². The predicted molar refractivity (Wildman–Crippen MR) is 112 cm³/mol. The van der Waals surface area contributed by atoms with Crippen molar-refractivity contribution >= 4 is 40.7 Å². The summed E-state index contributed by atoms with van der Waals surface area (Å²) in [5, 5.41) is 5.88. The number of nitrogens with one attached hydrogen (secondary N) is 2. The van der Waals surface area contributed by atoms with Crippen molar-refractivity contribution in [3.63, 3.8) is 0 Å². The van der Waals surface area contributed by atoms with Crippen LogP contribution in [0.1, 0.15) is 15.9 Å². The number of benzene rings is 2. The molecule has 0 unspecified atom stereocenters. The van der Waals surface area contributed by atoms with Crippen LogP contribution >= 0.6 is 23.2 Å². The van der Waals surface area contributed by atoms with Crippen LogP contribution in [0.5, 0.6) is 5.75 Å². The normalized spacial score (nSPS) is 10.3. The minimum atomic E-state index is -0.463. The lowest BCUT2D eigenvalue weighted by molar-refractivity contribution is -0.115. The van der Waals surface area contributed by atoms with Crippen molar-refractivity contribution < 1.29 is 14.3 Å². The lowest BCUT2D eigenvalue weighted by Gasteiger charge is -2.10. The number of rotatable bonds is 7. The van der Waals surface area contributed by atoms with Gasteiger partial charge in [-0.3, -0.25) is 14.6 Å². The van der Waals surface area contributed by atoms with Gasteiger partial charge in [0.2, 0.25) is 5.91 Å². The Morgan fingerprint density at radius 2 is 1.90 bits per heavy atom. The van der Waals surface area contributed by atoms with Crippen LogP contribution in [0.15, 0.2) is 67.0 Å². The Morgan fingerprint density at radius 1 is 1.03 bits per heavy atom. The Bertz CT molecular complexity index is 1010. The Labute approximate surface area is 177 Å².